The number of rotatable bonds is 6. The summed E-state index contributed by atoms with van der Waals surface area (Å²) in [6, 6.07) is 11.1. The Labute approximate surface area is 204 Å². The van der Waals surface area contributed by atoms with E-state index < -0.39 is 35.3 Å². The van der Waals surface area contributed by atoms with Crippen LogP contribution in [0.4, 0.5) is 9.52 Å². The Morgan fingerprint density at radius 3 is 2.54 bits per heavy atom. The largest absolute Gasteiger partial charge is 0.507 e. The highest BCUT2D eigenvalue weighted by molar-refractivity contribution is 7.17. The number of halogens is 1. The Morgan fingerprint density at radius 2 is 1.89 bits per heavy atom. The molecule has 1 atom stereocenters. The number of nitrogens with zero attached hydrogens (tertiary/aromatic N) is 2. The minimum atomic E-state index is -1.29. The van der Waals surface area contributed by atoms with Gasteiger partial charge in [0.1, 0.15) is 29.1 Å². The first-order valence-electron chi connectivity index (χ1n) is 10.6. The van der Waals surface area contributed by atoms with Gasteiger partial charge < -0.3 is 9.84 Å². The van der Waals surface area contributed by atoms with Crippen LogP contribution in [0.5, 0.6) is 0 Å². The number of benzene rings is 2. The van der Waals surface area contributed by atoms with E-state index in [1.165, 1.54) is 24.3 Å². The first kappa shape index (κ1) is 24.0. The Bertz CT molecular complexity index is 1380. The standard InChI is InChI=1S/C26H21FN2O5S/c1-4-13-34-25(33)23-15(3)28-26(35-23)29-20(17-7-5-6-8-18(17)27)19(22(31)24(29)32)21(30)16-11-9-14(2)10-12-16/h4-12,20,30H,1,13H2,2-3H3/b21-19+. The average Bonchev–Trinajstić information content (AvgIpc) is 3.34. The van der Waals surface area contributed by atoms with Crippen molar-refractivity contribution in [3.8, 4) is 0 Å². The van der Waals surface area contributed by atoms with Gasteiger partial charge in [-0.25, -0.2) is 14.2 Å². The molecule has 1 fully saturated rings. The maximum Gasteiger partial charge on any atom is 0.350 e. The van der Waals surface area contributed by atoms with Crippen molar-refractivity contribution < 1.29 is 28.6 Å². The van der Waals surface area contributed by atoms with E-state index in [2.05, 4.69) is 11.6 Å². The van der Waals surface area contributed by atoms with Crippen LogP contribution in [0, 0.1) is 19.7 Å². The first-order chi connectivity index (χ1) is 16.7. The van der Waals surface area contributed by atoms with Crippen molar-refractivity contribution in [1.29, 1.82) is 0 Å². The Balaban J connectivity index is 1.90. The molecule has 9 heteroatoms. The topological polar surface area (TPSA) is 96.8 Å². The predicted molar refractivity (Wildman–Crippen MR) is 130 cm³/mol. The maximum atomic E-state index is 15.0. The maximum absolute atomic E-state index is 15.0. The zero-order valence-electron chi connectivity index (χ0n) is 18.9. The molecule has 2 aromatic carbocycles. The number of carbonyl (C=O) groups is 3. The van der Waals surface area contributed by atoms with Gasteiger partial charge in [0.2, 0.25) is 0 Å². The fourth-order valence-electron chi connectivity index (χ4n) is 3.76. The molecule has 2 heterocycles. The number of amides is 1. The summed E-state index contributed by atoms with van der Waals surface area (Å²) in [5.41, 5.74) is 1.25. The third kappa shape index (κ3) is 4.38. The van der Waals surface area contributed by atoms with Gasteiger partial charge in [-0.2, -0.15) is 0 Å². The fourth-order valence-corrected chi connectivity index (χ4v) is 4.75. The molecule has 178 valence electrons. The molecule has 0 aliphatic carbocycles. The van der Waals surface area contributed by atoms with E-state index in [1.807, 2.05) is 6.92 Å². The molecule has 0 spiro atoms. The third-order valence-corrected chi connectivity index (χ3v) is 6.62. The highest BCUT2D eigenvalue weighted by Crippen LogP contribution is 2.44. The Kier molecular flexibility index (Phi) is 6.61. The number of esters is 1. The summed E-state index contributed by atoms with van der Waals surface area (Å²) in [5, 5.41) is 11.1. The van der Waals surface area contributed by atoms with Crippen molar-refractivity contribution in [2.75, 3.05) is 11.5 Å². The minimum Gasteiger partial charge on any atom is -0.507 e. The van der Waals surface area contributed by atoms with Crippen LogP contribution in [-0.4, -0.2) is 34.4 Å². The number of aliphatic hydroxyl groups is 1. The summed E-state index contributed by atoms with van der Waals surface area (Å²) in [7, 11) is 0. The molecule has 1 saturated heterocycles. The molecule has 0 saturated carbocycles. The van der Waals surface area contributed by atoms with Gasteiger partial charge >= 0.3 is 11.9 Å². The van der Waals surface area contributed by atoms with Gasteiger partial charge in [0.05, 0.1) is 11.3 Å². The third-order valence-electron chi connectivity index (χ3n) is 5.48. The number of carbonyl (C=O) groups excluding carboxylic acids is 3. The molecule has 35 heavy (non-hydrogen) atoms. The van der Waals surface area contributed by atoms with Crippen molar-refractivity contribution in [2.24, 2.45) is 0 Å². The highest BCUT2D eigenvalue weighted by Gasteiger charge is 2.49. The van der Waals surface area contributed by atoms with Crippen LogP contribution in [0.15, 0.2) is 66.8 Å². The van der Waals surface area contributed by atoms with E-state index in [0.717, 1.165) is 21.8 Å². The quantitative estimate of drug-likeness (QED) is 0.173. The van der Waals surface area contributed by atoms with Crippen LogP contribution in [0.3, 0.4) is 0 Å². The van der Waals surface area contributed by atoms with Crippen LogP contribution in [-0.2, 0) is 14.3 Å². The van der Waals surface area contributed by atoms with Gasteiger partial charge in [-0.15, -0.1) is 0 Å². The predicted octanol–water partition coefficient (Wildman–Crippen LogP) is 4.87. The first-order valence-corrected chi connectivity index (χ1v) is 11.4. The minimum absolute atomic E-state index is 0.00370. The zero-order chi connectivity index (χ0) is 25.3. The van der Waals surface area contributed by atoms with Gasteiger partial charge in [0, 0.05) is 11.1 Å². The van der Waals surface area contributed by atoms with Crippen LogP contribution >= 0.6 is 11.3 Å². The lowest BCUT2D eigenvalue weighted by atomic mass is 9.95. The number of hydrogen-bond donors (Lipinski definition) is 1. The van der Waals surface area contributed by atoms with Crippen molar-refractivity contribution in [1.82, 2.24) is 4.98 Å². The van der Waals surface area contributed by atoms with Gasteiger partial charge in [0.15, 0.2) is 5.13 Å². The number of Topliss-reactive ketones (excluding diaryl/α,β-unsaturated/α-hetero) is 1. The molecule has 1 aromatic heterocycles. The van der Waals surface area contributed by atoms with E-state index in [-0.39, 0.29) is 33.4 Å². The average molecular weight is 493 g/mol. The summed E-state index contributed by atoms with van der Waals surface area (Å²) in [6.07, 6.45) is 1.41. The van der Waals surface area contributed by atoms with Crippen molar-refractivity contribution in [3.63, 3.8) is 0 Å². The van der Waals surface area contributed by atoms with Crippen LogP contribution in [0.25, 0.3) is 5.76 Å². The number of ether oxygens (including phenoxy) is 1. The van der Waals surface area contributed by atoms with E-state index in [9.17, 15) is 23.9 Å². The molecular weight excluding hydrogens is 471 g/mol. The monoisotopic (exact) mass is 492 g/mol. The number of anilines is 1. The molecule has 0 bridgehead atoms. The molecule has 1 unspecified atom stereocenters. The van der Waals surface area contributed by atoms with Crippen molar-refractivity contribution >= 4 is 39.9 Å². The molecule has 3 aromatic rings. The van der Waals surface area contributed by atoms with Crippen LogP contribution in [0.2, 0.25) is 0 Å². The molecule has 0 radical (unpaired) electrons. The van der Waals surface area contributed by atoms with Crippen LogP contribution < -0.4 is 4.90 Å². The number of hydrogen-bond acceptors (Lipinski definition) is 7. The van der Waals surface area contributed by atoms with Crippen LogP contribution in [0.1, 0.15) is 38.1 Å². The van der Waals surface area contributed by atoms with Crippen molar-refractivity contribution in [2.45, 2.75) is 19.9 Å². The molecule has 4 rings (SSSR count). The SMILES string of the molecule is C=CCOC(=O)c1sc(N2C(=O)C(=O)/C(=C(/O)c3ccc(C)cc3)C2c2ccccc2F)nc1C. The van der Waals surface area contributed by atoms with Gasteiger partial charge in [-0.05, 0) is 19.9 Å². The zero-order valence-corrected chi connectivity index (χ0v) is 19.8. The van der Waals surface area contributed by atoms with Crippen molar-refractivity contribution in [3.05, 3.63) is 99.8 Å². The summed E-state index contributed by atoms with van der Waals surface area (Å²) in [4.78, 5) is 44.3. The normalized spacial score (nSPS) is 17.0. The van der Waals surface area contributed by atoms with E-state index in [1.54, 1.807) is 37.3 Å². The summed E-state index contributed by atoms with van der Waals surface area (Å²) in [6.45, 7) is 6.91. The molecule has 1 N–H and O–H groups in total. The van der Waals surface area contributed by atoms with Gasteiger partial charge in [-0.3, -0.25) is 14.5 Å². The lowest BCUT2D eigenvalue weighted by Gasteiger charge is -2.23. The lowest BCUT2D eigenvalue weighted by Crippen LogP contribution is -2.29. The second-order valence-electron chi connectivity index (χ2n) is 7.85. The Morgan fingerprint density at radius 1 is 1.20 bits per heavy atom. The van der Waals surface area contributed by atoms with E-state index in [4.69, 9.17) is 4.74 Å². The van der Waals surface area contributed by atoms with Gasteiger partial charge in [-0.1, -0.05) is 72.0 Å². The molecular formula is C26H21FN2O5S. The molecule has 1 aliphatic heterocycles. The second kappa shape index (κ2) is 9.63. The number of aliphatic hydroxyl groups excluding tert-OH is 1. The number of thiazole rings is 1. The molecule has 7 nitrogen and oxygen atoms in total. The smallest absolute Gasteiger partial charge is 0.350 e. The second-order valence-corrected chi connectivity index (χ2v) is 8.83. The van der Waals surface area contributed by atoms with Gasteiger partial charge in [0.25, 0.3) is 5.78 Å². The fraction of sp³-hybridized carbons (Fsp3) is 0.154. The number of ketones is 1. The summed E-state index contributed by atoms with van der Waals surface area (Å²) >= 11 is 0.843. The molecule has 1 amide bonds. The van der Waals surface area contributed by atoms with E-state index >= 15 is 0 Å². The summed E-state index contributed by atoms with van der Waals surface area (Å²) < 4.78 is 20.0. The Hall–Kier alpha value is -4.11. The van der Waals surface area contributed by atoms with E-state index in [0.29, 0.717) is 5.56 Å². The summed E-state index contributed by atoms with van der Waals surface area (Å²) in [5.74, 6) is -3.74. The highest BCUT2D eigenvalue weighted by atomic mass is 32.1. The number of aromatic nitrogens is 1. The molecule has 1 aliphatic rings. The number of aryl methyl sites for hydroxylation is 2. The lowest BCUT2D eigenvalue weighted by molar-refractivity contribution is -0.132.